The Morgan fingerprint density at radius 3 is 3.00 bits per heavy atom. The molecule has 0 saturated heterocycles. The maximum Gasteiger partial charge on any atom is 0.0669 e. The minimum atomic E-state index is 0.538. The molecule has 2 aliphatic carbocycles. The Labute approximate surface area is 97.5 Å². The van der Waals surface area contributed by atoms with Gasteiger partial charge in [-0.3, -0.25) is 0 Å². The van der Waals surface area contributed by atoms with Crippen LogP contribution in [0.1, 0.15) is 39.0 Å². The zero-order valence-electron chi connectivity index (χ0n) is 9.79. The van der Waals surface area contributed by atoms with E-state index in [1.54, 1.807) is 0 Å². The summed E-state index contributed by atoms with van der Waals surface area (Å²) in [5, 5.41) is 8.88. The van der Waals surface area contributed by atoms with Crippen molar-refractivity contribution in [1.82, 2.24) is 0 Å². The Morgan fingerprint density at radius 1 is 1.31 bits per heavy atom. The Morgan fingerprint density at radius 2 is 2.19 bits per heavy atom. The molecule has 1 nitrogen and oxygen atoms in total. The molecule has 16 heavy (non-hydrogen) atoms. The van der Waals surface area contributed by atoms with Gasteiger partial charge < -0.3 is 0 Å². The molecule has 0 fully saturated rings. The molecule has 1 heteroatoms. The summed E-state index contributed by atoms with van der Waals surface area (Å²) in [6.45, 7) is 2.14. The van der Waals surface area contributed by atoms with Crippen LogP contribution in [-0.2, 0) is 0 Å². The molecule has 0 saturated carbocycles. The van der Waals surface area contributed by atoms with E-state index in [0.717, 1.165) is 19.3 Å². The molecule has 0 unspecified atom stereocenters. The van der Waals surface area contributed by atoms with Crippen molar-refractivity contribution in [2.24, 2.45) is 0 Å². The minimum absolute atomic E-state index is 0.538. The SMILES string of the molecule is CC1=CCC=C2CCCC=C(CC#N)C2=C1. The quantitative estimate of drug-likeness (QED) is 0.637. The number of nitriles is 1. The molecule has 0 aromatic heterocycles. The van der Waals surface area contributed by atoms with E-state index in [4.69, 9.17) is 5.26 Å². The maximum atomic E-state index is 8.88. The van der Waals surface area contributed by atoms with Crippen LogP contribution in [0.5, 0.6) is 0 Å². The molecular weight excluding hydrogens is 194 g/mol. The third-order valence-corrected chi connectivity index (χ3v) is 3.18. The van der Waals surface area contributed by atoms with Crippen LogP contribution in [0.3, 0.4) is 0 Å². The minimum Gasteiger partial charge on any atom is -0.198 e. The lowest BCUT2D eigenvalue weighted by Crippen LogP contribution is -1.92. The number of hydrogen-bond acceptors (Lipinski definition) is 1. The zero-order valence-corrected chi connectivity index (χ0v) is 9.79. The molecule has 0 aliphatic heterocycles. The van der Waals surface area contributed by atoms with Gasteiger partial charge in [0.15, 0.2) is 0 Å². The van der Waals surface area contributed by atoms with Crippen LogP contribution >= 0.6 is 0 Å². The van der Waals surface area contributed by atoms with E-state index in [1.807, 2.05) is 0 Å². The van der Waals surface area contributed by atoms with Crippen molar-refractivity contribution in [2.75, 3.05) is 0 Å². The molecule has 0 aromatic carbocycles. The predicted octanol–water partition coefficient (Wildman–Crippen LogP) is 4.21. The van der Waals surface area contributed by atoms with Crippen molar-refractivity contribution in [3.63, 3.8) is 0 Å². The lowest BCUT2D eigenvalue weighted by Gasteiger charge is -2.10. The third kappa shape index (κ3) is 2.33. The van der Waals surface area contributed by atoms with Gasteiger partial charge in [-0.05, 0) is 49.3 Å². The van der Waals surface area contributed by atoms with Crippen molar-refractivity contribution in [2.45, 2.75) is 39.0 Å². The normalized spacial score (nSPS) is 20.2. The lowest BCUT2D eigenvalue weighted by molar-refractivity contribution is 0.851. The number of rotatable bonds is 1. The standard InChI is InChI=1S/C15H17N/c1-12-5-4-8-13-6-2-3-7-14(9-10-16)15(13)11-12/h5,7-8,11H,2-4,6,9H2,1H3. The van der Waals surface area contributed by atoms with Crippen molar-refractivity contribution in [3.8, 4) is 6.07 Å². The Bertz CT molecular complexity index is 439. The van der Waals surface area contributed by atoms with E-state index in [9.17, 15) is 0 Å². The Kier molecular flexibility index (Phi) is 3.41. The summed E-state index contributed by atoms with van der Waals surface area (Å²) in [6.07, 6.45) is 14.1. The first-order chi connectivity index (χ1) is 7.81. The van der Waals surface area contributed by atoms with E-state index in [-0.39, 0.29) is 0 Å². The molecule has 2 rings (SSSR count). The molecule has 0 N–H and O–H groups in total. The average molecular weight is 211 g/mol. The first-order valence-electron chi connectivity index (χ1n) is 5.95. The first-order valence-corrected chi connectivity index (χ1v) is 5.95. The lowest BCUT2D eigenvalue weighted by atomic mass is 9.94. The van der Waals surface area contributed by atoms with Gasteiger partial charge in [0.05, 0.1) is 12.5 Å². The van der Waals surface area contributed by atoms with Crippen molar-refractivity contribution >= 4 is 0 Å². The predicted molar refractivity (Wildman–Crippen MR) is 66.7 cm³/mol. The smallest absolute Gasteiger partial charge is 0.0669 e. The molecular formula is C15H17N. The van der Waals surface area contributed by atoms with E-state index < -0.39 is 0 Å². The van der Waals surface area contributed by atoms with Gasteiger partial charge in [0, 0.05) is 0 Å². The van der Waals surface area contributed by atoms with Gasteiger partial charge >= 0.3 is 0 Å². The summed E-state index contributed by atoms with van der Waals surface area (Å²) in [4.78, 5) is 0. The van der Waals surface area contributed by atoms with Crippen molar-refractivity contribution < 1.29 is 0 Å². The molecule has 0 aromatic rings. The third-order valence-electron chi connectivity index (χ3n) is 3.18. The van der Waals surface area contributed by atoms with Gasteiger partial charge in [0.25, 0.3) is 0 Å². The van der Waals surface area contributed by atoms with Crippen LogP contribution in [0.25, 0.3) is 0 Å². The van der Waals surface area contributed by atoms with E-state index in [2.05, 4.69) is 37.3 Å². The maximum absolute atomic E-state index is 8.88. The summed E-state index contributed by atoms with van der Waals surface area (Å²) in [7, 11) is 0. The van der Waals surface area contributed by atoms with E-state index >= 15 is 0 Å². The Balaban J connectivity index is 2.42. The summed E-state index contributed by atoms with van der Waals surface area (Å²) >= 11 is 0. The molecule has 0 spiro atoms. The first kappa shape index (κ1) is 11.0. The van der Waals surface area contributed by atoms with Crippen LogP contribution in [0.4, 0.5) is 0 Å². The van der Waals surface area contributed by atoms with E-state index in [1.165, 1.54) is 28.7 Å². The number of allylic oxidation sites excluding steroid dienone is 8. The second kappa shape index (κ2) is 4.99. The summed E-state index contributed by atoms with van der Waals surface area (Å²) in [5.74, 6) is 0. The van der Waals surface area contributed by atoms with Gasteiger partial charge in [0.1, 0.15) is 0 Å². The second-order valence-electron chi connectivity index (χ2n) is 4.43. The fourth-order valence-corrected chi connectivity index (χ4v) is 2.34. The molecule has 0 amide bonds. The molecule has 82 valence electrons. The molecule has 0 heterocycles. The van der Waals surface area contributed by atoms with Crippen LogP contribution in [0, 0.1) is 11.3 Å². The summed E-state index contributed by atoms with van der Waals surface area (Å²) < 4.78 is 0. The average Bonchev–Trinajstić information content (AvgIpc) is 2.54. The van der Waals surface area contributed by atoms with Gasteiger partial charge in [-0.25, -0.2) is 0 Å². The van der Waals surface area contributed by atoms with Crippen LogP contribution in [0.2, 0.25) is 0 Å². The van der Waals surface area contributed by atoms with Crippen molar-refractivity contribution in [3.05, 3.63) is 46.6 Å². The van der Waals surface area contributed by atoms with Gasteiger partial charge in [-0.15, -0.1) is 0 Å². The highest BCUT2D eigenvalue weighted by molar-refractivity contribution is 5.53. The highest BCUT2D eigenvalue weighted by atomic mass is 14.3. The zero-order chi connectivity index (χ0) is 11.4. The number of hydrogen-bond donors (Lipinski definition) is 0. The van der Waals surface area contributed by atoms with Crippen LogP contribution in [0.15, 0.2) is 46.6 Å². The van der Waals surface area contributed by atoms with Gasteiger partial charge in [0.2, 0.25) is 0 Å². The summed E-state index contributed by atoms with van der Waals surface area (Å²) in [5.41, 5.74) is 5.28. The largest absolute Gasteiger partial charge is 0.198 e. The van der Waals surface area contributed by atoms with Gasteiger partial charge in [-0.2, -0.15) is 5.26 Å². The number of nitrogens with zero attached hydrogens (tertiary/aromatic N) is 1. The van der Waals surface area contributed by atoms with Crippen molar-refractivity contribution in [1.29, 1.82) is 5.26 Å². The van der Waals surface area contributed by atoms with E-state index in [0.29, 0.717) is 6.42 Å². The summed E-state index contributed by atoms with van der Waals surface area (Å²) in [6, 6.07) is 2.28. The van der Waals surface area contributed by atoms with Crippen LogP contribution < -0.4 is 0 Å². The topological polar surface area (TPSA) is 23.8 Å². The highest BCUT2D eigenvalue weighted by Crippen LogP contribution is 2.33. The van der Waals surface area contributed by atoms with Crippen LogP contribution in [-0.4, -0.2) is 0 Å². The Hall–Kier alpha value is -1.55. The monoisotopic (exact) mass is 211 g/mol. The molecule has 0 bridgehead atoms. The number of fused-ring (bicyclic) bond motifs is 1. The molecule has 0 radical (unpaired) electrons. The molecule has 2 aliphatic rings. The fraction of sp³-hybridized carbons (Fsp3) is 0.400. The molecule has 0 atom stereocenters. The fourth-order valence-electron chi connectivity index (χ4n) is 2.34. The highest BCUT2D eigenvalue weighted by Gasteiger charge is 2.14. The van der Waals surface area contributed by atoms with Gasteiger partial charge in [-0.1, -0.05) is 29.9 Å². The second-order valence-corrected chi connectivity index (χ2v) is 4.43.